The Morgan fingerprint density at radius 3 is 2.48 bits per heavy atom. The van der Waals surface area contributed by atoms with Gasteiger partial charge in [-0.15, -0.1) is 5.10 Å². The summed E-state index contributed by atoms with van der Waals surface area (Å²) in [7, 11) is 1.65. The van der Waals surface area contributed by atoms with E-state index in [1.807, 2.05) is 54.6 Å². The molecule has 0 aliphatic rings. The Hall–Kier alpha value is -2.66. The van der Waals surface area contributed by atoms with Gasteiger partial charge in [-0.2, -0.15) is 0 Å². The number of para-hydroxylation sites is 2. The van der Waals surface area contributed by atoms with Crippen molar-refractivity contribution in [3.63, 3.8) is 0 Å². The van der Waals surface area contributed by atoms with Gasteiger partial charge >= 0.3 is 0 Å². The fourth-order valence-corrected chi connectivity index (χ4v) is 2.31. The molecule has 5 heteroatoms. The van der Waals surface area contributed by atoms with Gasteiger partial charge in [0.05, 0.1) is 12.8 Å². The zero-order valence-corrected chi connectivity index (χ0v) is 11.7. The first-order valence-corrected chi connectivity index (χ1v) is 6.68. The molecule has 0 aliphatic heterocycles. The molecule has 21 heavy (non-hydrogen) atoms. The third-order valence-corrected chi connectivity index (χ3v) is 3.30. The van der Waals surface area contributed by atoms with Gasteiger partial charge in [0.1, 0.15) is 17.1 Å². The van der Waals surface area contributed by atoms with Gasteiger partial charge in [-0.05, 0) is 24.3 Å². The summed E-state index contributed by atoms with van der Waals surface area (Å²) in [6.45, 7) is 0.320. The summed E-state index contributed by atoms with van der Waals surface area (Å²) < 4.78 is 7.24. The second-order valence-corrected chi connectivity index (χ2v) is 4.54. The highest BCUT2D eigenvalue weighted by molar-refractivity contribution is 5.70. The van der Waals surface area contributed by atoms with E-state index in [2.05, 4.69) is 10.3 Å². The molecule has 3 aromatic rings. The summed E-state index contributed by atoms with van der Waals surface area (Å²) in [6, 6.07) is 17.6. The third-order valence-electron chi connectivity index (χ3n) is 3.30. The third kappa shape index (κ3) is 2.39. The molecular weight excluding hydrogens is 264 g/mol. The van der Waals surface area contributed by atoms with E-state index in [9.17, 15) is 0 Å². The number of hydrogen-bond acceptors (Lipinski definition) is 4. The summed E-state index contributed by atoms with van der Waals surface area (Å²) in [6.07, 6.45) is 0. The fraction of sp³-hybridized carbons (Fsp3) is 0.125. The standard InChI is InChI=1S/C16H16N4O/c1-21-15-10-6-5-9-13(15)16-14(11-17)18-19-20(16)12-7-3-2-4-8-12/h2-10H,11,17H2,1H3. The van der Waals surface area contributed by atoms with Gasteiger partial charge < -0.3 is 10.5 Å². The number of ether oxygens (including phenoxy) is 1. The van der Waals surface area contributed by atoms with Crippen LogP contribution < -0.4 is 10.5 Å². The Morgan fingerprint density at radius 1 is 1.05 bits per heavy atom. The largest absolute Gasteiger partial charge is 0.496 e. The minimum atomic E-state index is 0.320. The average molecular weight is 280 g/mol. The fourth-order valence-electron chi connectivity index (χ4n) is 2.31. The lowest BCUT2D eigenvalue weighted by Crippen LogP contribution is -2.03. The van der Waals surface area contributed by atoms with Crippen LogP contribution in [0.4, 0.5) is 0 Å². The van der Waals surface area contributed by atoms with E-state index >= 15 is 0 Å². The van der Waals surface area contributed by atoms with Crippen molar-refractivity contribution < 1.29 is 4.74 Å². The maximum Gasteiger partial charge on any atom is 0.128 e. The van der Waals surface area contributed by atoms with E-state index in [0.29, 0.717) is 6.54 Å². The van der Waals surface area contributed by atoms with E-state index in [-0.39, 0.29) is 0 Å². The topological polar surface area (TPSA) is 66.0 Å². The number of benzene rings is 2. The minimum Gasteiger partial charge on any atom is -0.496 e. The lowest BCUT2D eigenvalue weighted by molar-refractivity contribution is 0.416. The Kier molecular flexibility index (Phi) is 3.66. The number of hydrogen-bond donors (Lipinski definition) is 1. The first kappa shape index (κ1) is 13.3. The zero-order valence-electron chi connectivity index (χ0n) is 11.7. The number of nitrogens with two attached hydrogens (primary N) is 1. The molecule has 0 atom stereocenters. The van der Waals surface area contributed by atoms with Crippen LogP contribution >= 0.6 is 0 Å². The maximum absolute atomic E-state index is 5.81. The van der Waals surface area contributed by atoms with E-state index in [4.69, 9.17) is 10.5 Å². The SMILES string of the molecule is COc1ccccc1-c1c(CN)nnn1-c1ccccc1. The highest BCUT2D eigenvalue weighted by Gasteiger charge is 2.18. The highest BCUT2D eigenvalue weighted by atomic mass is 16.5. The van der Waals surface area contributed by atoms with Crippen molar-refractivity contribution in [1.82, 2.24) is 15.0 Å². The molecule has 2 N–H and O–H groups in total. The van der Waals surface area contributed by atoms with E-state index in [1.165, 1.54) is 0 Å². The zero-order chi connectivity index (χ0) is 14.7. The van der Waals surface area contributed by atoms with Gasteiger partial charge in [0.25, 0.3) is 0 Å². The lowest BCUT2D eigenvalue weighted by Gasteiger charge is -2.11. The van der Waals surface area contributed by atoms with Crippen LogP contribution in [0.5, 0.6) is 5.75 Å². The minimum absolute atomic E-state index is 0.320. The molecule has 2 aromatic carbocycles. The summed E-state index contributed by atoms with van der Waals surface area (Å²) in [5.41, 5.74) is 9.28. The van der Waals surface area contributed by atoms with Gasteiger partial charge in [-0.25, -0.2) is 4.68 Å². The number of aromatic nitrogens is 3. The van der Waals surface area contributed by atoms with E-state index < -0.39 is 0 Å². The molecule has 106 valence electrons. The first-order valence-electron chi connectivity index (χ1n) is 6.68. The van der Waals surface area contributed by atoms with Crippen molar-refractivity contribution in [2.75, 3.05) is 7.11 Å². The number of rotatable bonds is 4. The maximum atomic E-state index is 5.81. The van der Waals surface area contributed by atoms with Crippen molar-refractivity contribution in [2.24, 2.45) is 5.73 Å². The molecule has 0 fully saturated rings. The van der Waals surface area contributed by atoms with Gasteiger partial charge in [0.2, 0.25) is 0 Å². The molecule has 5 nitrogen and oxygen atoms in total. The first-order chi connectivity index (χ1) is 10.3. The molecule has 1 heterocycles. The van der Waals surface area contributed by atoms with Crippen LogP contribution in [-0.2, 0) is 6.54 Å². The van der Waals surface area contributed by atoms with E-state index in [0.717, 1.165) is 28.4 Å². The second-order valence-electron chi connectivity index (χ2n) is 4.54. The van der Waals surface area contributed by atoms with Crippen LogP contribution in [0.2, 0.25) is 0 Å². The van der Waals surface area contributed by atoms with Gasteiger partial charge in [-0.3, -0.25) is 0 Å². The molecule has 0 radical (unpaired) electrons. The Labute approximate surface area is 123 Å². The predicted octanol–water partition coefficient (Wildman–Crippen LogP) is 2.40. The summed E-state index contributed by atoms with van der Waals surface area (Å²) >= 11 is 0. The molecule has 0 aliphatic carbocycles. The van der Waals surface area contributed by atoms with Crippen LogP contribution in [0.15, 0.2) is 54.6 Å². The van der Waals surface area contributed by atoms with Crippen molar-refractivity contribution in [1.29, 1.82) is 0 Å². The lowest BCUT2D eigenvalue weighted by atomic mass is 10.1. The number of nitrogens with zero attached hydrogens (tertiary/aromatic N) is 3. The van der Waals surface area contributed by atoms with Crippen LogP contribution in [0.1, 0.15) is 5.69 Å². The average Bonchev–Trinajstić information content (AvgIpc) is 2.99. The summed E-state index contributed by atoms with van der Waals surface area (Å²) in [5.74, 6) is 0.770. The normalized spacial score (nSPS) is 10.6. The molecule has 0 saturated heterocycles. The molecule has 3 rings (SSSR count). The van der Waals surface area contributed by atoms with Crippen LogP contribution in [0.3, 0.4) is 0 Å². The van der Waals surface area contributed by atoms with Gasteiger partial charge in [0, 0.05) is 12.1 Å². The molecule has 1 aromatic heterocycles. The second kappa shape index (κ2) is 5.76. The van der Waals surface area contributed by atoms with Crippen molar-refractivity contribution in [3.05, 3.63) is 60.3 Å². The van der Waals surface area contributed by atoms with Crippen molar-refractivity contribution >= 4 is 0 Å². The van der Waals surface area contributed by atoms with Crippen molar-refractivity contribution in [3.8, 4) is 22.7 Å². The van der Waals surface area contributed by atoms with Gasteiger partial charge in [0.15, 0.2) is 0 Å². The summed E-state index contributed by atoms with van der Waals surface area (Å²) in [4.78, 5) is 0. The van der Waals surface area contributed by atoms with Crippen LogP contribution in [0.25, 0.3) is 16.9 Å². The predicted molar refractivity (Wildman–Crippen MR) is 81.2 cm³/mol. The Bertz CT molecular complexity index is 737. The van der Waals surface area contributed by atoms with Crippen LogP contribution in [0, 0.1) is 0 Å². The molecule has 0 saturated carbocycles. The molecule has 0 amide bonds. The molecule has 0 bridgehead atoms. The molecule has 0 spiro atoms. The number of methoxy groups -OCH3 is 1. The van der Waals surface area contributed by atoms with Gasteiger partial charge in [-0.1, -0.05) is 35.5 Å². The molecule has 0 unspecified atom stereocenters. The van der Waals surface area contributed by atoms with E-state index in [1.54, 1.807) is 11.8 Å². The monoisotopic (exact) mass is 280 g/mol. The smallest absolute Gasteiger partial charge is 0.128 e. The Morgan fingerprint density at radius 2 is 1.76 bits per heavy atom. The molecular formula is C16H16N4O. The Balaban J connectivity index is 2.24. The quantitative estimate of drug-likeness (QED) is 0.797. The summed E-state index contributed by atoms with van der Waals surface area (Å²) in [5, 5.41) is 8.44. The van der Waals surface area contributed by atoms with Crippen LogP contribution in [-0.4, -0.2) is 22.1 Å². The highest BCUT2D eigenvalue weighted by Crippen LogP contribution is 2.32. The van der Waals surface area contributed by atoms with Crippen molar-refractivity contribution in [2.45, 2.75) is 6.54 Å².